The van der Waals surface area contributed by atoms with E-state index in [1.165, 1.54) is 17.4 Å². The quantitative estimate of drug-likeness (QED) is 0.443. The molecule has 0 spiro atoms. The van der Waals surface area contributed by atoms with Crippen LogP contribution in [-0.4, -0.2) is 9.55 Å². The molecule has 0 bridgehead atoms. The Morgan fingerprint density at radius 3 is 2.89 bits per heavy atom. The van der Waals surface area contributed by atoms with Crippen LogP contribution in [0.5, 0.6) is 0 Å². The molecule has 0 amide bonds. The summed E-state index contributed by atoms with van der Waals surface area (Å²) in [6.45, 7) is 0.594. The van der Waals surface area contributed by atoms with Gasteiger partial charge < -0.3 is 9.55 Å². The maximum absolute atomic E-state index is 13.7. The van der Waals surface area contributed by atoms with E-state index in [9.17, 15) is 4.39 Å². The number of imidazole rings is 1. The van der Waals surface area contributed by atoms with Crippen LogP contribution in [0, 0.1) is 14.2 Å². The molecule has 0 saturated carbocycles. The van der Waals surface area contributed by atoms with Crippen LogP contribution in [-0.2, 0) is 6.54 Å². The molecule has 0 atom stereocenters. The Bertz CT molecular complexity index is 821. The number of aromatic amines is 1. The predicted molar refractivity (Wildman–Crippen MR) is 88.2 cm³/mol. The van der Waals surface area contributed by atoms with E-state index in [1.807, 2.05) is 39.3 Å². The van der Waals surface area contributed by atoms with Gasteiger partial charge in [0.05, 0.1) is 25.5 Å². The molecule has 3 rings (SSSR count). The first-order valence-electron chi connectivity index (χ1n) is 5.36. The van der Waals surface area contributed by atoms with Gasteiger partial charge in [-0.05, 0) is 53.0 Å². The van der Waals surface area contributed by atoms with Crippen molar-refractivity contribution in [1.29, 1.82) is 0 Å². The largest absolute Gasteiger partial charge is 0.331 e. The summed E-state index contributed by atoms with van der Waals surface area (Å²) in [5, 5.41) is 0. The maximum Gasteiger partial charge on any atom is 0.178 e. The van der Waals surface area contributed by atoms with Crippen molar-refractivity contribution >= 4 is 68.8 Å². The zero-order valence-corrected chi connectivity index (χ0v) is 14.0. The zero-order chi connectivity index (χ0) is 13.6. The molecular weight excluding hydrogens is 418 g/mol. The Morgan fingerprint density at radius 1 is 1.42 bits per heavy atom. The summed E-state index contributed by atoms with van der Waals surface area (Å²) in [6.07, 6.45) is 0. The molecule has 0 aliphatic rings. The Kier molecular flexibility index (Phi) is 3.67. The minimum absolute atomic E-state index is 0.236. The van der Waals surface area contributed by atoms with Crippen LogP contribution in [0.4, 0.5) is 4.39 Å². The second-order valence-corrected chi connectivity index (χ2v) is 7.35. The highest BCUT2D eigenvalue weighted by molar-refractivity contribution is 14.1. The number of H-pyrrole nitrogens is 1. The Morgan fingerprint density at radius 2 is 2.21 bits per heavy atom. The fourth-order valence-electron chi connectivity index (χ4n) is 1.90. The fourth-order valence-corrected chi connectivity index (χ4v) is 3.72. The molecule has 0 radical (unpaired) electrons. The van der Waals surface area contributed by atoms with Gasteiger partial charge in [0.1, 0.15) is 5.82 Å². The third-order valence-corrected chi connectivity index (χ3v) is 5.12. The Balaban J connectivity index is 2.15. The summed E-state index contributed by atoms with van der Waals surface area (Å²) < 4.78 is 17.5. The van der Waals surface area contributed by atoms with Crippen molar-refractivity contribution in [2.45, 2.75) is 6.54 Å². The fraction of sp³-hybridized carbons (Fsp3) is 0.0833. The lowest BCUT2D eigenvalue weighted by molar-refractivity contribution is 0.621. The number of rotatable bonds is 2. The van der Waals surface area contributed by atoms with Crippen molar-refractivity contribution in [1.82, 2.24) is 9.55 Å². The van der Waals surface area contributed by atoms with E-state index in [2.05, 4.69) is 4.98 Å². The van der Waals surface area contributed by atoms with E-state index >= 15 is 0 Å². The number of hydrogen-bond donors (Lipinski definition) is 1. The van der Waals surface area contributed by atoms with Gasteiger partial charge in [-0.2, -0.15) is 0 Å². The minimum atomic E-state index is -0.236. The molecule has 0 aliphatic carbocycles. The molecular formula is C12H7ClFIN2S2. The molecule has 19 heavy (non-hydrogen) atoms. The lowest BCUT2D eigenvalue weighted by atomic mass is 10.3. The molecule has 0 unspecified atom stereocenters. The van der Waals surface area contributed by atoms with Crippen molar-refractivity contribution in [2.24, 2.45) is 0 Å². The lowest BCUT2D eigenvalue weighted by Gasteiger charge is -2.03. The van der Waals surface area contributed by atoms with Crippen molar-refractivity contribution in [3.8, 4) is 0 Å². The van der Waals surface area contributed by atoms with E-state index in [-0.39, 0.29) is 5.82 Å². The van der Waals surface area contributed by atoms with Crippen molar-refractivity contribution in [3.63, 3.8) is 0 Å². The van der Waals surface area contributed by atoms with E-state index < -0.39 is 0 Å². The van der Waals surface area contributed by atoms with Gasteiger partial charge in [0.25, 0.3) is 0 Å². The topological polar surface area (TPSA) is 20.7 Å². The highest BCUT2D eigenvalue weighted by Gasteiger charge is 2.10. The predicted octanol–water partition coefficient (Wildman–Crippen LogP) is 5.21. The Hall–Kier alpha value is -0.440. The van der Waals surface area contributed by atoms with Gasteiger partial charge >= 0.3 is 0 Å². The molecule has 1 aromatic carbocycles. The third-order valence-electron chi connectivity index (χ3n) is 2.76. The maximum atomic E-state index is 13.7. The van der Waals surface area contributed by atoms with Crippen LogP contribution in [0.3, 0.4) is 0 Å². The normalized spacial score (nSPS) is 11.3. The van der Waals surface area contributed by atoms with Crippen LogP contribution in [0.15, 0.2) is 24.3 Å². The lowest BCUT2D eigenvalue weighted by Crippen LogP contribution is -1.98. The van der Waals surface area contributed by atoms with Crippen LogP contribution in [0.1, 0.15) is 4.88 Å². The van der Waals surface area contributed by atoms with Crippen molar-refractivity contribution in [3.05, 3.63) is 47.6 Å². The zero-order valence-electron chi connectivity index (χ0n) is 9.41. The molecule has 0 saturated heterocycles. The van der Waals surface area contributed by atoms with Crippen LogP contribution in [0.2, 0.25) is 4.34 Å². The second-order valence-electron chi connectivity index (χ2n) is 4.01. The van der Waals surface area contributed by atoms with Gasteiger partial charge in [-0.25, -0.2) is 4.39 Å². The Labute approximate surface area is 136 Å². The summed E-state index contributed by atoms with van der Waals surface area (Å²) in [7, 11) is 0. The molecule has 2 heterocycles. The monoisotopic (exact) mass is 424 g/mol. The number of fused-ring (bicyclic) bond motifs is 1. The molecule has 7 heteroatoms. The van der Waals surface area contributed by atoms with Crippen LogP contribution in [0.25, 0.3) is 11.0 Å². The van der Waals surface area contributed by atoms with E-state index in [4.69, 9.17) is 23.8 Å². The standard InChI is InChI=1S/C12H7ClFIN2S2/c13-11-2-1-6(19-11)5-17-10-3-7(14)8(15)4-9(10)16-12(17)18/h1-4H,5H2,(H,16,18). The molecule has 1 N–H and O–H groups in total. The van der Waals surface area contributed by atoms with E-state index in [1.54, 1.807) is 6.07 Å². The molecule has 2 nitrogen and oxygen atoms in total. The number of nitrogens with one attached hydrogen (secondary N) is 1. The summed E-state index contributed by atoms with van der Waals surface area (Å²) in [5.74, 6) is -0.236. The first kappa shape index (κ1) is 13.5. The molecule has 2 aromatic heterocycles. The first-order chi connectivity index (χ1) is 9.04. The molecule has 3 aromatic rings. The summed E-state index contributed by atoms with van der Waals surface area (Å²) >= 11 is 14.7. The highest BCUT2D eigenvalue weighted by Crippen LogP contribution is 2.25. The summed E-state index contributed by atoms with van der Waals surface area (Å²) in [4.78, 5) is 4.18. The van der Waals surface area contributed by atoms with Gasteiger partial charge in [0.15, 0.2) is 4.77 Å². The van der Waals surface area contributed by atoms with Gasteiger partial charge in [-0.15, -0.1) is 11.3 Å². The van der Waals surface area contributed by atoms with Gasteiger partial charge in [-0.1, -0.05) is 11.6 Å². The average Bonchev–Trinajstić information content (AvgIpc) is 2.87. The van der Waals surface area contributed by atoms with Gasteiger partial charge in [-0.3, -0.25) is 0 Å². The number of thiophene rings is 1. The van der Waals surface area contributed by atoms with Crippen LogP contribution < -0.4 is 0 Å². The number of aromatic nitrogens is 2. The van der Waals surface area contributed by atoms with Gasteiger partial charge in [0.2, 0.25) is 0 Å². The smallest absolute Gasteiger partial charge is 0.178 e. The summed E-state index contributed by atoms with van der Waals surface area (Å²) in [5.41, 5.74) is 1.62. The number of hydrogen-bond acceptors (Lipinski definition) is 2. The third kappa shape index (κ3) is 2.58. The second kappa shape index (κ2) is 5.16. The first-order valence-corrected chi connectivity index (χ1v) is 8.04. The number of nitrogens with zero attached hydrogens (tertiary/aromatic N) is 1. The number of halogens is 3. The van der Waals surface area contributed by atoms with E-state index in [0.29, 0.717) is 14.9 Å². The van der Waals surface area contributed by atoms with Crippen molar-refractivity contribution in [2.75, 3.05) is 0 Å². The average molecular weight is 425 g/mol. The van der Waals surface area contributed by atoms with E-state index in [0.717, 1.165) is 20.2 Å². The highest BCUT2D eigenvalue weighted by atomic mass is 127. The molecule has 98 valence electrons. The van der Waals surface area contributed by atoms with Crippen molar-refractivity contribution < 1.29 is 4.39 Å². The number of benzene rings is 1. The summed E-state index contributed by atoms with van der Waals surface area (Å²) in [6, 6.07) is 7.08. The molecule has 0 fully saturated rings. The van der Waals surface area contributed by atoms with Crippen LogP contribution >= 0.6 is 57.7 Å². The SMILES string of the molecule is Fc1cc2c(cc1I)[nH]c(=S)n2Cc1ccc(Cl)s1. The van der Waals surface area contributed by atoms with Gasteiger partial charge in [0, 0.05) is 10.9 Å². The molecule has 0 aliphatic heterocycles. The minimum Gasteiger partial charge on any atom is -0.331 e.